The van der Waals surface area contributed by atoms with Gasteiger partial charge in [-0.3, -0.25) is 0 Å². The Kier molecular flexibility index (Phi) is 4.73. The van der Waals surface area contributed by atoms with E-state index in [1.54, 1.807) is 0 Å². The van der Waals surface area contributed by atoms with Gasteiger partial charge in [0.2, 0.25) is 0 Å². The van der Waals surface area contributed by atoms with Crippen LogP contribution in [0.2, 0.25) is 0 Å². The largest absolute Gasteiger partial charge is 0.0985 e. The predicted octanol–water partition coefficient (Wildman–Crippen LogP) is 5.40. The van der Waals surface area contributed by atoms with Crippen LogP contribution in [0, 0.1) is 0 Å². The van der Waals surface area contributed by atoms with Crippen LogP contribution in [-0.4, -0.2) is 0 Å². The molecule has 100 valence electrons. The van der Waals surface area contributed by atoms with Crippen LogP contribution in [0.5, 0.6) is 0 Å². The minimum Gasteiger partial charge on any atom is -0.0985 e. The normalized spacial score (nSPS) is 10.0. The highest BCUT2D eigenvalue weighted by molar-refractivity contribution is 5.71. The van der Waals surface area contributed by atoms with Gasteiger partial charge in [-0.2, -0.15) is 0 Å². The second kappa shape index (κ2) is 6.72. The number of rotatable bonds is 6. The molecule has 2 aromatic rings. The molecule has 0 saturated carbocycles. The molecular weight excluding hydrogens is 240 g/mol. The van der Waals surface area contributed by atoms with Crippen molar-refractivity contribution < 1.29 is 0 Å². The van der Waals surface area contributed by atoms with Crippen LogP contribution >= 0.6 is 0 Å². The quantitative estimate of drug-likeness (QED) is 0.652. The Morgan fingerprint density at radius 3 is 1.95 bits per heavy atom. The summed E-state index contributed by atoms with van der Waals surface area (Å²) < 4.78 is 0. The van der Waals surface area contributed by atoms with Gasteiger partial charge in [-0.25, -0.2) is 0 Å². The molecule has 0 heteroatoms. The van der Waals surface area contributed by atoms with Gasteiger partial charge in [-0.1, -0.05) is 80.4 Å². The first-order valence-corrected chi connectivity index (χ1v) is 6.87. The van der Waals surface area contributed by atoms with E-state index in [0.717, 1.165) is 18.4 Å². The molecule has 2 rings (SSSR count). The standard InChI is InChI=1S/C20H20/c1-4-17-13-14-18(5-2)20(19(17)6-3)15-12-16-10-8-7-9-11-16/h4-11,13-14H,1-3,12,15H2. The summed E-state index contributed by atoms with van der Waals surface area (Å²) in [5.74, 6) is 0. The van der Waals surface area contributed by atoms with Crippen LogP contribution in [0.1, 0.15) is 27.8 Å². The third kappa shape index (κ3) is 2.97. The van der Waals surface area contributed by atoms with Crippen molar-refractivity contribution in [3.8, 4) is 0 Å². The zero-order valence-electron chi connectivity index (χ0n) is 11.8. The highest BCUT2D eigenvalue weighted by atomic mass is 14.1. The first-order valence-electron chi connectivity index (χ1n) is 6.87. The monoisotopic (exact) mass is 260 g/mol. The van der Waals surface area contributed by atoms with E-state index in [1.807, 2.05) is 24.3 Å². The van der Waals surface area contributed by atoms with Gasteiger partial charge in [0.25, 0.3) is 0 Å². The van der Waals surface area contributed by atoms with Crippen molar-refractivity contribution in [3.63, 3.8) is 0 Å². The van der Waals surface area contributed by atoms with Crippen LogP contribution in [0.3, 0.4) is 0 Å². The van der Waals surface area contributed by atoms with Crippen LogP contribution in [0.25, 0.3) is 18.2 Å². The minimum atomic E-state index is 0.981. The van der Waals surface area contributed by atoms with E-state index in [-0.39, 0.29) is 0 Å². The third-order valence-electron chi connectivity index (χ3n) is 3.58. The fourth-order valence-electron chi connectivity index (χ4n) is 2.50. The van der Waals surface area contributed by atoms with Gasteiger partial charge in [0.05, 0.1) is 0 Å². The van der Waals surface area contributed by atoms with E-state index < -0.39 is 0 Å². The van der Waals surface area contributed by atoms with Crippen molar-refractivity contribution in [2.24, 2.45) is 0 Å². The van der Waals surface area contributed by atoms with Gasteiger partial charge in [0, 0.05) is 0 Å². The van der Waals surface area contributed by atoms with Crippen LogP contribution in [0.4, 0.5) is 0 Å². The maximum atomic E-state index is 3.95. The molecule has 0 aliphatic rings. The molecule has 0 aliphatic heterocycles. The van der Waals surface area contributed by atoms with Crippen LogP contribution in [0.15, 0.2) is 62.2 Å². The summed E-state index contributed by atoms with van der Waals surface area (Å²) in [5, 5.41) is 0. The molecule has 0 heterocycles. The van der Waals surface area contributed by atoms with Gasteiger partial charge in [-0.05, 0) is 40.7 Å². The molecule has 0 radical (unpaired) electrons. The minimum absolute atomic E-state index is 0.981. The summed E-state index contributed by atoms with van der Waals surface area (Å²) >= 11 is 0. The van der Waals surface area contributed by atoms with E-state index >= 15 is 0 Å². The Morgan fingerprint density at radius 1 is 0.700 bits per heavy atom. The maximum Gasteiger partial charge on any atom is -0.0152 e. The van der Waals surface area contributed by atoms with Crippen molar-refractivity contribution in [2.75, 3.05) is 0 Å². The average molecular weight is 260 g/mol. The summed E-state index contributed by atoms with van der Waals surface area (Å²) in [6.45, 7) is 11.7. The number of benzene rings is 2. The average Bonchev–Trinajstić information content (AvgIpc) is 2.52. The fraction of sp³-hybridized carbons (Fsp3) is 0.100. The predicted molar refractivity (Wildman–Crippen MR) is 90.6 cm³/mol. The van der Waals surface area contributed by atoms with Gasteiger partial charge < -0.3 is 0 Å². The summed E-state index contributed by atoms with van der Waals surface area (Å²) in [7, 11) is 0. The molecule has 0 N–H and O–H groups in total. The van der Waals surface area contributed by atoms with Crippen molar-refractivity contribution in [3.05, 3.63) is 90.0 Å². The van der Waals surface area contributed by atoms with Crippen molar-refractivity contribution in [1.82, 2.24) is 0 Å². The number of hydrogen-bond donors (Lipinski definition) is 0. The van der Waals surface area contributed by atoms with E-state index in [1.165, 1.54) is 22.3 Å². The summed E-state index contributed by atoms with van der Waals surface area (Å²) in [6.07, 6.45) is 7.72. The summed E-state index contributed by atoms with van der Waals surface area (Å²) in [6, 6.07) is 14.7. The molecule has 0 unspecified atom stereocenters. The van der Waals surface area contributed by atoms with E-state index in [9.17, 15) is 0 Å². The number of aryl methyl sites for hydroxylation is 1. The lowest BCUT2D eigenvalue weighted by Crippen LogP contribution is -1.99. The highest BCUT2D eigenvalue weighted by Crippen LogP contribution is 2.24. The SMILES string of the molecule is C=Cc1ccc(C=C)c(CCc2ccccc2)c1C=C. The topological polar surface area (TPSA) is 0 Å². The van der Waals surface area contributed by atoms with E-state index in [2.05, 4.69) is 56.1 Å². The Labute approximate surface area is 121 Å². The van der Waals surface area contributed by atoms with E-state index in [4.69, 9.17) is 0 Å². The molecule has 2 aromatic carbocycles. The first-order chi connectivity index (χ1) is 9.80. The van der Waals surface area contributed by atoms with Crippen LogP contribution < -0.4 is 0 Å². The lowest BCUT2D eigenvalue weighted by Gasteiger charge is -2.13. The molecule has 0 amide bonds. The smallest absolute Gasteiger partial charge is 0.0152 e. The molecule has 0 bridgehead atoms. The Hall–Kier alpha value is -2.34. The lowest BCUT2D eigenvalue weighted by molar-refractivity contribution is 0.954. The Balaban J connectivity index is 2.36. The van der Waals surface area contributed by atoms with Gasteiger partial charge in [-0.15, -0.1) is 0 Å². The third-order valence-corrected chi connectivity index (χ3v) is 3.58. The first kappa shape index (κ1) is 14.1. The second-order valence-electron chi connectivity index (χ2n) is 4.73. The molecule has 0 fully saturated rings. The van der Waals surface area contributed by atoms with Crippen molar-refractivity contribution in [1.29, 1.82) is 0 Å². The summed E-state index contributed by atoms with van der Waals surface area (Å²) in [5.41, 5.74) is 6.14. The van der Waals surface area contributed by atoms with Crippen LogP contribution in [-0.2, 0) is 12.8 Å². The molecule has 0 spiro atoms. The maximum absolute atomic E-state index is 3.95. The molecule has 0 aromatic heterocycles. The zero-order chi connectivity index (χ0) is 14.4. The van der Waals surface area contributed by atoms with Gasteiger partial charge >= 0.3 is 0 Å². The van der Waals surface area contributed by atoms with Crippen molar-refractivity contribution in [2.45, 2.75) is 12.8 Å². The number of hydrogen-bond acceptors (Lipinski definition) is 0. The zero-order valence-corrected chi connectivity index (χ0v) is 11.8. The molecular formula is C20H20. The van der Waals surface area contributed by atoms with Gasteiger partial charge in [0.1, 0.15) is 0 Å². The summed E-state index contributed by atoms with van der Waals surface area (Å²) in [4.78, 5) is 0. The molecule has 20 heavy (non-hydrogen) atoms. The highest BCUT2D eigenvalue weighted by Gasteiger charge is 2.08. The second-order valence-corrected chi connectivity index (χ2v) is 4.73. The van der Waals surface area contributed by atoms with Gasteiger partial charge in [0.15, 0.2) is 0 Å². The molecule has 0 atom stereocenters. The van der Waals surface area contributed by atoms with Crippen molar-refractivity contribution >= 4 is 18.2 Å². The Morgan fingerprint density at radius 2 is 1.35 bits per heavy atom. The Bertz CT molecular complexity index is 618. The molecule has 0 nitrogen and oxygen atoms in total. The fourth-order valence-corrected chi connectivity index (χ4v) is 2.50. The lowest BCUT2D eigenvalue weighted by atomic mass is 9.91. The molecule has 0 saturated heterocycles. The van der Waals surface area contributed by atoms with E-state index in [0.29, 0.717) is 0 Å². The molecule has 0 aliphatic carbocycles.